The lowest BCUT2D eigenvalue weighted by Gasteiger charge is -2.14. The third-order valence-corrected chi connectivity index (χ3v) is 1.82. The minimum atomic E-state index is 0.442. The van der Waals surface area contributed by atoms with Gasteiger partial charge < -0.3 is 10.2 Å². The van der Waals surface area contributed by atoms with Crippen LogP contribution in [-0.2, 0) is 0 Å². The molecule has 1 aromatic heterocycles. The number of aromatic nitrogens is 1. The summed E-state index contributed by atoms with van der Waals surface area (Å²) in [6.07, 6.45) is 5.43. The zero-order chi connectivity index (χ0) is 9.10. The molecule has 1 aliphatic heterocycles. The number of hydrogen-bond donors (Lipinski definition) is 1. The largest absolute Gasteiger partial charge is 0.372 e. The van der Waals surface area contributed by atoms with Crippen LogP contribution in [0.3, 0.4) is 0 Å². The molecule has 0 saturated heterocycles. The number of pyridine rings is 1. The molecule has 1 N–H and O–H groups in total. The first-order valence-electron chi connectivity index (χ1n) is 3.93. The molecule has 1 aliphatic rings. The lowest BCUT2D eigenvalue weighted by atomic mass is 10.3. The number of nitriles is 1. The van der Waals surface area contributed by atoms with Gasteiger partial charge in [-0.25, -0.2) is 4.98 Å². The summed E-state index contributed by atoms with van der Waals surface area (Å²) in [7, 11) is 0. The van der Waals surface area contributed by atoms with Gasteiger partial charge in [0.1, 0.15) is 11.8 Å². The van der Waals surface area contributed by atoms with E-state index < -0.39 is 0 Å². The molecule has 2 rings (SSSR count). The van der Waals surface area contributed by atoms with E-state index in [1.165, 1.54) is 0 Å². The third-order valence-electron chi connectivity index (χ3n) is 1.82. The summed E-state index contributed by atoms with van der Waals surface area (Å²) in [5.41, 5.74) is 1.42. The molecule has 2 heterocycles. The molecule has 0 aromatic carbocycles. The fourth-order valence-electron chi connectivity index (χ4n) is 1.18. The van der Waals surface area contributed by atoms with Crippen molar-refractivity contribution in [3.8, 4) is 6.07 Å². The van der Waals surface area contributed by atoms with Gasteiger partial charge in [0, 0.05) is 24.3 Å². The number of anilines is 1. The summed E-state index contributed by atoms with van der Waals surface area (Å²) >= 11 is 0. The molecular formula is C9H8N4. The first-order chi connectivity index (χ1) is 6.40. The van der Waals surface area contributed by atoms with E-state index in [1.807, 2.05) is 29.4 Å². The van der Waals surface area contributed by atoms with Crippen molar-refractivity contribution in [2.75, 3.05) is 11.6 Å². The Morgan fingerprint density at radius 1 is 1.62 bits per heavy atom. The Morgan fingerprint density at radius 3 is 3.23 bits per heavy atom. The fraction of sp³-hybridized carbons (Fsp3) is 0.111. The first kappa shape index (κ1) is 7.62. The minimum absolute atomic E-state index is 0.442. The van der Waals surface area contributed by atoms with Gasteiger partial charge in [0.15, 0.2) is 0 Å². The highest BCUT2D eigenvalue weighted by atomic mass is 15.2. The molecule has 0 unspecified atom stereocenters. The Kier molecular flexibility index (Phi) is 1.85. The molecule has 0 radical (unpaired) electrons. The van der Waals surface area contributed by atoms with Gasteiger partial charge in [0.25, 0.3) is 0 Å². The molecule has 13 heavy (non-hydrogen) atoms. The molecule has 64 valence electrons. The number of nitrogens with one attached hydrogen (secondary N) is 1. The maximum Gasteiger partial charge on any atom is 0.142 e. The first-order valence-corrected chi connectivity index (χ1v) is 3.93. The predicted molar refractivity (Wildman–Crippen MR) is 48.6 cm³/mol. The molecule has 0 amide bonds. The zero-order valence-corrected chi connectivity index (χ0v) is 6.94. The summed E-state index contributed by atoms with van der Waals surface area (Å²) < 4.78 is 0. The second-order valence-corrected chi connectivity index (χ2v) is 2.66. The molecule has 0 fully saturated rings. The van der Waals surface area contributed by atoms with Crippen LogP contribution < -0.4 is 10.2 Å². The maximum atomic E-state index is 8.64. The highest BCUT2D eigenvalue weighted by molar-refractivity contribution is 5.51. The quantitative estimate of drug-likeness (QED) is 0.680. The van der Waals surface area contributed by atoms with Crippen molar-refractivity contribution in [2.24, 2.45) is 0 Å². The maximum absolute atomic E-state index is 8.64. The van der Waals surface area contributed by atoms with Gasteiger partial charge in [-0.2, -0.15) is 5.26 Å². The van der Waals surface area contributed by atoms with E-state index in [1.54, 1.807) is 12.3 Å². The van der Waals surface area contributed by atoms with Gasteiger partial charge in [0.05, 0.1) is 6.67 Å². The van der Waals surface area contributed by atoms with Gasteiger partial charge >= 0.3 is 0 Å². The summed E-state index contributed by atoms with van der Waals surface area (Å²) in [5, 5.41) is 11.7. The van der Waals surface area contributed by atoms with Crippen molar-refractivity contribution in [1.82, 2.24) is 10.3 Å². The number of nitrogens with zero attached hydrogens (tertiary/aromatic N) is 3. The van der Waals surface area contributed by atoms with Crippen LogP contribution in [0, 0.1) is 11.3 Å². The summed E-state index contributed by atoms with van der Waals surface area (Å²) in [4.78, 5) is 5.90. The minimum Gasteiger partial charge on any atom is -0.372 e. The van der Waals surface area contributed by atoms with Gasteiger partial charge in [-0.15, -0.1) is 0 Å². The third kappa shape index (κ3) is 1.44. The van der Waals surface area contributed by atoms with Gasteiger partial charge in [-0.1, -0.05) is 0 Å². The Balaban J connectivity index is 2.30. The van der Waals surface area contributed by atoms with Crippen LogP contribution in [0.4, 0.5) is 5.69 Å². The van der Waals surface area contributed by atoms with Crippen LogP contribution in [0.1, 0.15) is 5.69 Å². The van der Waals surface area contributed by atoms with E-state index in [4.69, 9.17) is 5.26 Å². The van der Waals surface area contributed by atoms with E-state index in [0.29, 0.717) is 5.69 Å². The SMILES string of the molecule is N#Cc1cc(N2C=CNC2)ccn1. The number of hydrogen-bond acceptors (Lipinski definition) is 4. The average Bonchev–Trinajstić information content (AvgIpc) is 2.71. The molecule has 1 aromatic rings. The smallest absolute Gasteiger partial charge is 0.142 e. The standard InChI is InChI=1S/C9H8N4/c10-6-8-5-9(1-2-12-8)13-4-3-11-7-13/h1-5,11H,7H2. The molecule has 4 nitrogen and oxygen atoms in total. The van der Waals surface area contributed by atoms with E-state index in [2.05, 4.69) is 10.3 Å². The summed E-state index contributed by atoms with van der Waals surface area (Å²) in [6.45, 7) is 0.745. The lowest BCUT2D eigenvalue weighted by Crippen LogP contribution is -2.19. The Labute approximate surface area is 76.1 Å². The Hall–Kier alpha value is -2.02. The van der Waals surface area contributed by atoms with Crippen LogP contribution in [0.15, 0.2) is 30.7 Å². The predicted octanol–water partition coefficient (Wildman–Crippen LogP) is 0.792. The van der Waals surface area contributed by atoms with E-state index in [-0.39, 0.29) is 0 Å². The van der Waals surface area contributed by atoms with E-state index in [0.717, 1.165) is 12.4 Å². The van der Waals surface area contributed by atoms with E-state index >= 15 is 0 Å². The summed E-state index contributed by atoms with van der Waals surface area (Å²) in [6, 6.07) is 5.64. The molecule has 0 bridgehead atoms. The monoisotopic (exact) mass is 172 g/mol. The fourth-order valence-corrected chi connectivity index (χ4v) is 1.18. The van der Waals surface area contributed by atoms with E-state index in [9.17, 15) is 0 Å². The average molecular weight is 172 g/mol. The molecule has 0 saturated carbocycles. The summed E-state index contributed by atoms with van der Waals surface area (Å²) in [5.74, 6) is 0. The van der Waals surface area contributed by atoms with Crippen LogP contribution in [0.25, 0.3) is 0 Å². The highest BCUT2D eigenvalue weighted by Crippen LogP contribution is 2.15. The van der Waals surface area contributed by atoms with Crippen LogP contribution in [0.5, 0.6) is 0 Å². The van der Waals surface area contributed by atoms with Crippen LogP contribution in [0.2, 0.25) is 0 Å². The van der Waals surface area contributed by atoms with Crippen molar-refractivity contribution >= 4 is 5.69 Å². The van der Waals surface area contributed by atoms with Crippen LogP contribution in [-0.4, -0.2) is 11.7 Å². The normalized spacial score (nSPS) is 13.9. The van der Waals surface area contributed by atoms with Crippen molar-refractivity contribution in [2.45, 2.75) is 0 Å². The van der Waals surface area contributed by atoms with Crippen molar-refractivity contribution in [3.05, 3.63) is 36.4 Å². The molecule has 0 aliphatic carbocycles. The van der Waals surface area contributed by atoms with Gasteiger partial charge in [-0.3, -0.25) is 0 Å². The van der Waals surface area contributed by atoms with Gasteiger partial charge in [0.2, 0.25) is 0 Å². The molecular weight excluding hydrogens is 164 g/mol. The van der Waals surface area contributed by atoms with Gasteiger partial charge in [-0.05, 0) is 12.1 Å². The second kappa shape index (κ2) is 3.15. The van der Waals surface area contributed by atoms with Crippen molar-refractivity contribution < 1.29 is 0 Å². The molecule has 4 heteroatoms. The Morgan fingerprint density at radius 2 is 2.54 bits per heavy atom. The number of rotatable bonds is 1. The zero-order valence-electron chi connectivity index (χ0n) is 6.94. The lowest BCUT2D eigenvalue weighted by molar-refractivity contribution is 0.899. The van der Waals surface area contributed by atoms with Crippen molar-refractivity contribution in [3.63, 3.8) is 0 Å². The highest BCUT2D eigenvalue weighted by Gasteiger charge is 2.06. The van der Waals surface area contributed by atoms with Crippen molar-refractivity contribution in [1.29, 1.82) is 5.26 Å². The second-order valence-electron chi connectivity index (χ2n) is 2.66. The molecule has 0 spiro atoms. The Bertz CT molecular complexity index is 377. The topological polar surface area (TPSA) is 52.0 Å². The van der Waals surface area contributed by atoms with Crippen LogP contribution >= 0.6 is 0 Å². The molecule has 0 atom stereocenters.